The molecule has 1 aromatic heterocycles. The highest BCUT2D eigenvalue weighted by molar-refractivity contribution is 6.00. The number of imidazole rings is 1. The molecule has 1 amide bonds. The molecule has 1 fully saturated rings. The van der Waals surface area contributed by atoms with Crippen molar-refractivity contribution in [1.29, 1.82) is 0 Å². The molecule has 0 radical (unpaired) electrons. The number of anilines is 1. The summed E-state index contributed by atoms with van der Waals surface area (Å²) in [4.78, 5) is 23.5. The number of amides is 1. The minimum atomic E-state index is -4.48. The van der Waals surface area contributed by atoms with Crippen LogP contribution in [0.5, 0.6) is 0 Å². The van der Waals surface area contributed by atoms with Crippen LogP contribution in [-0.2, 0) is 10.2 Å². The Kier molecular flexibility index (Phi) is 8.02. The van der Waals surface area contributed by atoms with Crippen LogP contribution in [0.15, 0.2) is 103 Å². The van der Waals surface area contributed by atoms with Gasteiger partial charge in [0.15, 0.2) is 0 Å². The quantitative estimate of drug-likeness (QED) is 0.180. The molecule has 4 aromatic carbocycles. The molecule has 6 nitrogen and oxygen atoms in total. The first-order chi connectivity index (χ1) is 22.3. The van der Waals surface area contributed by atoms with Gasteiger partial charge in [-0.3, -0.25) is 14.3 Å². The van der Waals surface area contributed by atoms with E-state index in [1.165, 1.54) is 0 Å². The number of benzene rings is 4. The van der Waals surface area contributed by atoms with E-state index < -0.39 is 24.0 Å². The van der Waals surface area contributed by atoms with Gasteiger partial charge in [0, 0.05) is 31.9 Å². The summed E-state index contributed by atoms with van der Waals surface area (Å²) >= 11 is 0. The van der Waals surface area contributed by atoms with Gasteiger partial charge in [0.1, 0.15) is 12.0 Å². The van der Waals surface area contributed by atoms with Gasteiger partial charge in [0.2, 0.25) is 11.9 Å². The number of alkyl halides is 3. The molecule has 236 valence electrons. The summed E-state index contributed by atoms with van der Waals surface area (Å²) in [5.41, 5.74) is 5.36. The molecule has 0 saturated carbocycles. The second kappa shape index (κ2) is 12.3. The lowest BCUT2D eigenvalue weighted by Crippen LogP contribution is -2.48. The molecule has 9 heteroatoms. The molecule has 1 N–H and O–H groups in total. The largest absolute Gasteiger partial charge is 0.405 e. The predicted octanol–water partition coefficient (Wildman–Crippen LogP) is 6.96. The van der Waals surface area contributed by atoms with E-state index in [1.54, 1.807) is 0 Å². The van der Waals surface area contributed by atoms with Gasteiger partial charge in [-0.2, -0.15) is 13.2 Å². The van der Waals surface area contributed by atoms with E-state index in [1.807, 2.05) is 84.9 Å². The first-order valence-electron chi connectivity index (χ1n) is 15.9. The third-order valence-corrected chi connectivity index (χ3v) is 9.39. The number of hydrogen-bond acceptors (Lipinski definition) is 4. The number of nitrogens with one attached hydrogen (secondary N) is 1. The number of carbonyl (C=O) groups excluding carboxylic acids is 1. The Labute approximate surface area is 266 Å². The topological polar surface area (TPSA) is 53.4 Å². The smallest absolute Gasteiger partial charge is 0.346 e. The van der Waals surface area contributed by atoms with E-state index in [2.05, 4.69) is 37.9 Å². The maximum atomic E-state index is 13.8. The first-order valence-corrected chi connectivity index (χ1v) is 15.9. The van der Waals surface area contributed by atoms with Crippen LogP contribution in [0, 0.1) is 0 Å². The van der Waals surface area contributed by atoms with E-state index in [0.717, 1.165) is 84.1 Å². The average Bonchev–Trinajstić information content (AvgIpc) is 3.61. The lowest BCUT2D eigenvalue weighted by atomic mass is 9.73. The van der Waals surface area contributed by atoms with Crippen LogP contribution in [0.1, 0.15) is 30.4 Å². The van der Waals surface area contributed by atoms with Gasteiger partial charge in [-0.15, -0.1) is 0 Å². The molecule has 7 rings (SSSR count). The molecular weight excluding hydrogens is 587 g/mol. The molecule has 46 heavy (non-hydrogen) atoms. The average molecular weight is 624 g/mol. The number of fused-ring (bicyclic) bond motifs is 4. The third-order valence-electron chi connectivity index (χ3n) is 9.39. The Morgan fingerprint density at radius 3 is 2.04 bits per heavy atom. The normalized spacial score (nSPS) is 15.9. The summed E-state index contributed by atoms with van der Waals surface area (Å²) < 4.78 is 41.8. The minimum Gasteiger partial charge on any atom is -0.346 e. The van der Waals surface area contributed by atoms with Crippen LogP contribution in [0.3, 0.4) is 0 Å². The minimum absolute atomic E-state index is 0.436. The Bertz CT molecular complexity index is 1800. The zero-order chi connectivity index (χ0) is 31.7. The Morgan fingerprint density at radius 2 is 1.37 bits per heavy atom. The molecule has 0 spiro atoms. The number of aromatic nitrogens is 2. The number of hydrogen-bond donors (Lipinski definition) is 1. The SMILES string of the molecule is O=C(NCC(F)(F)F)C1(CCCCN2CCN(c3nc4ccccc4n3-c3ccccc3)CC2)c2ccccc2-c2ccccc21. The summed E-state index contributed by atoms with van der Waals surface area (Å²) in [6, 6.07) is 33.8. The van der Waals surface area contributed by atoms with Gasteiger partial charge in [-0.05, 0) is 65.9 Å². The second-order valence-electron chi connectivity index (χ2n) is 12.2. The van der Waals surface area contributed by atoms with Crippen molar-refractivity contribution < 1.29 is 18.0 Å². The van der Waals surface area contributed by atoms with Gasteiger partial charge < -0.3 is 10.2 Å². The third kappa shape index (κ3) is 5.53. The van der Waals surface area contributed by atoms with Crippen molar-refractivity contribution in [1.82, 2.24) is 19.8 Å². The lowest BCUT2D eigenvalue weighted by molar-refractivity contribution is -0.141. The van der Waals surface area contributed by atoms with Crippen LogP contribution >= 0.6 is 0 Å². The van der Waals surface area contributed by atoms with Crippen LogP contribution in [0.2, 0.25) is 0 Å². The molecule has 0 unspecified atom stereocenters. The van der Waals surface area contributed by atoms with Crippen molar-refractivity contribution in [2.24, 2.45) is 0 Å². The van der Waals surface area contributed by atoms with Crippen molar-refractivity contribution in [2.75, 3.05) is 44.2 Å². The summed E-state index contributed by atoms with van der Waals surface area (Å²) in [6.07, 6.45) is -2.51. The van der Waals surface area contributed by atoms with Crippen molar-refractivity contribution in [3.8, 4) is 16.8 Å². The van der Waals surface area contributed by atoms with Crippen molar-refractivity contribution in [2.45, 2.75) is 30.9 Å². The highest BCUT2D eigenvalue weighted by Gasteiger charge is 2.49. The molecule has 1 saturated heterocycles. The van der Waals surface area contributed by atoms with E-state index in [9.17, 15) is 18.0 Å². The molecule has 5 aromatic rings. The summed E-state index contributed by atoms with van der Waals surface area (Å²) in [7, 11) is 0. The van der Waals surface area contributed by atoms with Gasteiger partial charge in [-0.1, -0.05) is 85.3 Å². The first kappa shape index (κ1) is 30.0. The summed E-state index contributed by atoms with van der Waals surface area (Å²) in [6.45, 7) is 2.93. The number of para-hydroxylation sites is 3. The number of nitrogens with zero attached hydrogens (tertiary/aromatic N) is 4. The highest BCUT2D eigenvalue weighted by atomic mass is 19.4. The summed E-state index contributed by atoms with van der Waals surface area (Å²) in [5, 5.41) is 2.24. The Hall–Kier alpha value is -4.63. The molecule has 1 aliphatic heterocycles. The van der Waals surface area contributed by atoms with Gasteiger partial charge >= 0.3 is 6.18 Å². The standard InChI is InChI=1S/C37H36F3N5O/c38-37(39,40)26-41-34(46)36(30-16-6-4-14-28(30)29-15-5-7-17-31(29)36)20-10-11-21-43-22-24-44(25-23-43)35-42-32-18-8-9-19-33(32)45(35)27-12-2-1-3-13-27/h1-9,12-19H,10-11,20-26H2,(H,41,46). The number of piperazine rings is 1. The number of halogens is 3. The highest BCUT2D eigenvalue weighted by Crippen LogP contribution is 2.51. The van der Waals surface area contributed by atoms with Gasteiger partial charge in [0.25, 0.3) is 0 Å². The van der Waals surface area contributed by atoms with Gasteiger partial charge in [0.05, 0.1) is 11.0 Å². The molecule has 0 atom stereocenters. The Morgan fingerprint density at radius 1 is 0.761 bits per heavy atom. The molecule has 2 heterocycles. The fraction of sp³-hybridized carbons (Fsp3) is 0.297. The molecular formula is C37H36F3N5O. The fourth-order valence-electron chi connectivity index (χ4n) is 7.24. The van der Waals surface area contributed by atoms with Crippen molar-refractivity contribution in [3.63, 3.8) is 0 Å². The Balaban J connectivity index is 1.04. The number of unbranched alkanes of at least 4 members (excludes halogenated alkanes) is 1. The summed E-state index contributed by atoms with van der Waals surface area (Å²) in [5.74, 6) is 0.356. The maximum Gasteiger partial charge on any atom is 0.405 e. The van der Waals surface area contributed by atoms with Crippen LogP contribution in [0.4, 0.5) is 19.1 Å². The second-order valence-corrected chi connectivity index (χ2v) is 12.2. The van der Waals surface area contributed by atoms with Crippen molar-refractivity contribution >= 4 is 22.9 Å². The van der Waals surface area contributed by atoms with Crippen LogP contribution in [0.25, 0.3) is 27.8 Å². The van der Waals surface area contributed by atoms with E-state index in [0.29, 0.717) is 12.8 Å². The zero-order valence-electron chi connectivity index (χ0n) is 25.5. The van der Waals surface area contributed by atoms with E-state index in [4.69, 9.17) is 4.98 Å². The predicted molar refractivity (Wildman–Crippen MR) is 175 cm³/mol. The zero-order valence-corrected chi connectivity index (χ0v) is 25.5. The van der Waals surface area contributed by atoms with Gasteiger partial charge in [-0.25, -0.2) is 4.98 Å². The molecule has 1 aliphatic carbocycles. The monoisotopic (exact) mass is 623 g/mol. The van der Waals surface area contributed by atoms with Crippen molar-refractivity contribution in [3.05, 3.63) is 114 Å². The molecule has 2 aliphatic rings. The number of rotatable bonds is 9. The van der Waals surface area contributed by atoms with Crippen LogP contribution in [-0.4, -0.2) is 65.8 Å². The van der Waals surface area contributed by atoms with E-state index in [-0.39, 0.29) is 0 Å². The van der Waals surface area contributed by atoms with Crippen LogP contribution < -0.4 is 10.2 Å². The molecule has 0 bridgehead atoms. The number of carbonyl (C=O) groups is 1. The maximum absolute atomic E-state index is 13.8. The lowest BCUT2D eigenvalue weighted by Gasteiger charge is -2.36. The fourth-order valence-corrected chi connectivity index (χ4v) is 7.24. The van der Waals surface area contributed by atoms with E-state index >= 15 is 0 Å².